The third-order valence-corrected chi connectivity index (χ3v) is 5.62. The fourth-order valence-corrected chi connectivity index (χ4v) is 3.88. The molecule has 0 aromatic carbocycles. The van der Waals surface area contributed by atoms with E-state index >= 15 is 0 Å². The SMILES string of the molecule is C#CCCOC(=O)NC(C(=O)OCCCCCCCCCCC)C1CCCCC1. The van der Waals surface area contributed by atoms with Crippen molar-refractivity contribution < 1.29 is 19.1 Å². The van der Waals surface area contributed by atoms with Gasteiger partial charge in [-0.3, -0.25) is 0 Å². The van der Waals surface area contributed by atoms with Gasteiger partial charge in [-0.25, -0.2) is 9.59 Å². The Balaban J connectivity index is 2.28. The fraction of sp³-hybridized carbons (Fsp3) is 0.833. The zero-order valence-electron chi connectivity index (χ0n) is 18.4. The number of rotatable bonds is 15. The van der Waals surface area contributed by atoms with Gasteiger partial charge in [-0.1, -0.05) is 77.6 Å². The van der Waals surface area contributed by atoms with Gasteiger partial charge >= 0.3 is 12.1 Å². The molecule has 5 heteroatoms. The van der Waals surface area contributed by atoms with Gasteiger partial charge in [-0.15, -0.1) is 12.3 Å². The molecule has 0 bridgehead atoms. The summed E-state index contributed by atoms with van der Waals surface area (Å²) in [6.45, 7) is 2.82. The Hall–Kier alpha value is -1.70. The van der Waals surface area contributed by atoms with Crippen molar-refractivity contribution >= 4 is 12.1 Å². The number of terminal acetylenes is 1. The van der Waals surface area contributed by atoms with Gasteiger partial charge in [-0.2, -0.15) is 0 Å². The Morgan fingerprint density at radius 2 is 1.55 bits per heavy atom. The molecule has 1 fully saturated rings. The zero-order chi connectivity index (χ0) is 21.2. The van der Waals surface area contributed by atoms with Gasteiger partial charge in [0.15, 0.2) is 0 Å². The smallest absolute Gasteiger partial charge is 0.407 e. The van der Waals surface area contributed by atoms with E-state index in [0.717, 1.165) is 38.5 Å². The number of esters is 1. The summed E-state index contributed by atoms with van der Waals surface area (Å²) in [5.74, 6) is 2.22. The van der Waals surface area contributed by atoms with Gasteiger partial charge in [0.1, 0.15) is 12.6 Å². The molecule has 1 saturated carbocycles. The highest BCUT2D eigenvalue weighted by atomic mass is 16.6. The monoisotopic (exact) mass is 407 g/mol. The number of ether oxygens (including phenoxy) is 2. The molecule has 1 atom stereocenters. The minimum absolute atomic E-state index is 0.125. The van der Waals surface area contributed by atoms with Crippen molar-refractivity contribution in [3.8, 4) is 12.3 Å². The summed E-state index contributed by atoms with van der Waals surface area (Å²) < 4.78 is 10.6. The number of carbonyl (C=O) groups excluding carboxylic acids is 2. The molecule has 0 aromatic rings. The van der Waals surface area contributed by atoms with Crippen molar-refractivity contribution in [2.24, 2.45) is 5.92 Å². The molecular formula is C24H41NO4. The molecule has 1 aliphatic carbocycles. The van der Waals surface area contributed by atoms with Gasteiger partial charge in [0.25, 0.3) is 0 Å². The van der Waals surface area contributed by atoms with E-state index in [2.05, 4.69) is 18.2 Å². The minimum Gasteiger partial charge on any atom is -0.464 e. The minimum atomic E-state index is -0.618. The predicted octanol–water partition coefficient (Wildman–Crippen LogP) is 5.76. The normalized spacial score (nSPS) is 15.3. The molecule has 0 heterocycles. The molecule has 1 N–H and O–H groups in total. The first-order valence-electron chi connectivity index (χ1n) is 11.7. The summed E-state index contributed by atoms with van der Waals surface area (Å²) in [7, 11) is 0. The van der Waals surface area contributed by atoms with Crippen LogP contribution < -0.4 is 5.32 Å². The summed E-state index contributed by atoms with van der Waals surface area (Å²) in [5, 5.41) is 2.73. The molecule has 1 aliphatic rings. The summed E-state index contributed by atoms with van der Waals surface area (Å²) in [6, 6.07) is -0.618. The van der Waals surface area contributed by atoms with Crippen molar-refractivity contribution in [3.05, 3.63) is 0 Å². The van der Waals surface area contributed by atoms with Gasteiger partial charge in [0, 0.05) is 6.42 Å². The maximum atomic E-state index is 12.6. The maximum Gasteiger partial charge on any atom is 0.407 e. The largest absolute Gasteiger partial charge is 0.464 e. The van der Waals surface area contributed by atoms with Gasteiger partial charge in [-0.05, 0) is 25.2 Å². The average Bonchev–Trinajstić information content (AvgIpc) is 2.74. The zero-order valence-corrected chi connectivity index (χ0v) is 18.4. The van der Waals surface area contributed by atoms with E-state index in [9.17, 15) is 9.59 Å². The number of hydrogen-bond donors (Lipinski definition) is 1. The lowest BCUT2D eigenvalue weighted by atomic mass is 9.84. The number of carbonyl (C=O) groups is 2. The molecule has 0 aromatic heterocycles. The van der Waals surface area contributed by atoms with Gasteiger partial charge < -0.3 is 14.8 Å². The van der Waals surface area contributed by atoms with Crippen LogP contribution in [0, 0.1) is 18.3 Å². The molecular weight excluding hydrogens is 366 g/mol. The van der Waals surface area contributed by atoms with Crippen LogP contribution in [0.15, 0.2) is 0 Å². The van der Waals surface area contributed by atoms with E-state index in [1.54, 1.807) is 0 Å². The van der Waals surface area contributed by atoms with Crippen LogP contribution in [-0.2, 0) is 14.3 Å². The highest BCUT2D eigenvalue weighted by molar-refractivity contribution is 5.81. The molecule has 166 valence electrons. The predicted molar refractivity (Wildman–Crippen MR) is 116 cm³/mol. The lowest BCUT2D eigenvalue weighted by molar-refractivity contribution is -0.148. The van der Waals surface area contributed by atoms with Crippen LogP contribution in [0.5, 0.6) is 0 Å². The van der Waals surface area contributed by atoms with Crippen LogP contribution in [0.1, 0.15) is 103 Å². The van der Waals surface area contributed by atoms with E-state index in [0.29, 0.717) is 13.0 Å². The Labute approximate surface area is 177 Å². The first kappa shape index (κ1) is 25.3. The summed E-state index contributed by atoms with van der Waals surface area (Å²) in [6.07, 6.45) is 21.2. The molecule has 1 amide bonds. The Kier molecular flexibility index (Phi) is 15.0. The second-order valence-electron chi connectivity index (χ2n) is 8.11. The van der Waals surface area contributed by atoms with E-state index in [-0.39, 0.29) is 18.5 Å². The standard InChI is InChI=1S/C24H41NO4/c1-3-5-7-8-9-10-11-12-16-20-28-23(26)22(21-17-14-13-15-18-21)25-24(27)29-19-6-4-2/h2,21-22H,3,5-20H2,1H3,(H,25,27). The van der Waals surface area contributed by atoms with Crippen molar-refractivity contribution in [1.29, 1.82) is 0 Å². The number of hydrogen-bond acceptors (Lipinski definition) is 4. The van der Waals surface area contributed by atoms with Crippen LogP contribution >= 0.6 is 0 Å². The van der Waals surface area contributed by atoms with E-state index in [1.165, 1.54) is 51.4 Å². The summed E-state index contributed by atoms with van der Waals surface area (Å²) in [5.41, 5.74) is 0. The Morgan fingerprint density at radius 1 is 0.931 bits per heavy atom. The van der Waals surface area contributed by atoms with Crippen LogP contribution in [-0.4, -0.2) is 31.3 Å². The van der Waals surface area contributed by atoms with Crippen LogP contribution in [0.4, 0.5) is 4.79 Å². The third kappa shape index (κ3) is 12.5. The number of amides is 1. The van der Waals surface area contributed by atoms with Crippen LogP contribution in [0.2, 0.25) is 0 Å². The number of alkyl carbamates (subject to hydrolysis) is 1. The number of unbranched alkanes of at least 4 members (excludes halogenated alkanes) is 8. The van der Waals surface area contributed by atoms with Crippen LogP contribution in [0.3, 0.4) is 0 Å². The maximum absolute atomic E-state index is 12.6. The Bertz CT molecular complexity index is 480. The topological polar surface area (TPSA) is 64.6 Å². The third-order valence-electron chi connectivity index (χ3n) is 5.62. The Morgan fingerprint density at radius 3 is 2.17 bits per heavy atom. The molecule has 29 heavy (non-hydrogen) atoms. The summed E-state index contributed by atoms with van der Waals surface area (Å²) >= 11 is 0. The molecule has 0 radical (unpaired) electrons. The molecule has 5 nitrogen and oxygen atoms in total. The highest BCUT2D eigenvalue weighted by Gasteiger charge is 2.32. The molecule has 0 spiro atoms. The van der Waals surface area contributed by atoms with Crippen molar-refractivity contribution in [2.45, 2.75) is 109 Å². The van der Waals surface area contributed by atoms with Gasteiger partial charge in [0.2, 0.25) is 0 Å². The first-order valence-corrected chi connectivity index (χ1v) is 11.7. The van der Waals surface area contributed by atoms with Gasteiger partial charge in [0.05, 0.1) is 6.61 Å². The van der Waals surface area contributed by atoms with Crippen molar-refractivity contribution in [1.82, 2.24) is 5.32 Å². The van der Waals surface area contributed by atoms with E-state index < -0.39 is 12.1 Å². The lowest BCUT2D eigenvalue weighted by Gasteiger charge is -2.29. The first-order chi connectivity index (χ1) is 14.2. The second kappa shape index (κ2) is 17.2. The van der Waals surface area contributed by atoms with Crippen molar-refractivity contribution in [3.63, 3.8) is 0 Å². The summed E-state index contributed by atoms with van der Waals surface area (Å²) in [4.78, 5) is 24.6. The second-order valence-corrected chi connectivity index (χ2v) is 8.11. The molecule has 1 unspecified atom stereocenters. The van der Waals surface area contributed by atoms with E-state index in [4.69, 9.17) is 15.9 Å². The van der Waals surface area contributed by atoms with Crippen LogP contribution in [0.25, 0.3) is 0 Å². The lowest BCUT2D eigenvalue weighted by Crippen LogP contribution is -2.47. The number of nitrogens with one attached hydrogen (secondary N) is 1. The van der Waals surface area contributed by atoms with Crippen molar-refractivity contribution in [2.75, 3.05) is 13.2 Å². The molecule has 0 aliphatic heterocycles. The highest BCUT2D eigenvalue weighted by Crippen LogP contribution is 2.27. The fourth-order valence-electron chi connectivity index (χ4n) is 3.88. The van der Waals surface area contributed by atoms with E-state index in [1.807, 2.05) is 0 Å². The molecule has 1 rings (SSSR count). The average molecular weight is 408 g/mol. The molecule has 0 saturated heterocycles. The quantitative estimate of drug-likeness (QED) is 0.213.